The van der Waals surface area contributed by atoms with Gasteiger partial charge in [0.05, 0.1) is 7.11 Å². The van der Waals surface area contributed by atoms with Crippen LogP contribution in [0.25, 0.3) is 0 Å². The van der Waals surface area contributed by atoms with Crippen molar-refractivity contribution < 1.29 is 17.9 Å². The summed E-state index contributed by atoms with van der Waals surface area (Å²) in [6.45, 7) is 5.17. The standard InChI is InChI=1S/C18H28N2O4S/c1-14(2)7-10-18(21)19-15-8-9-16(24-3)17(13-15)25(22,23)20-11-5-4-6-12-20/h8-9,13-14H,4-7,10-12H2,1-3H3,(H,19,21). The number of benzene rings is 1. The summed E-state index contributed by atoms with van der Waals surface area (Å²) in [5.41, 5.74) is 0.477. The molecule has 0 spiro atoms. The zero-order chi connectivity index (χ0) is 18.4. The van der Waals surface area contributed by atoms with Crippen molar-refractivity contribution in [1.29, 1.82) is 0 Å². The number of anilines is 1. The first-order valence-corrected chi connectivity index (χ1v) is 10.3. The number of piperidine rings is 1. The Hall–Kier alpha value is -1.60. The molecule has 7 heteroatoms. The Kier molecular flexibility index (Phi) is 6.84. The zero-order valence-electron chi connectivity index (χ0n) is 15.2. The van der Waals surface area contributed by atoms with E-state index in [-0.39, 0.29) is 10.8 Å². The summed E-state index contributed by atoms with van der Waals surface area (Å²) in [5, 5.41) is 2.79. The maximum Gasteiger partial charge on any atom is 0.246 e. The third-order valence-electron chi connectivity index (χ3n) is 4.33. The van der Waals surface area contributed by atoms with E-state index in [1.54, 1.807) is 12.1 Å². The fraction of sp³-hybridized carbons (Fsp3) is 0.611. The van der Waals surface area contributed by atoms with Crippen molar-refractivity contribution in [2.75, 3.05) is 25.5 Å². The highest BCUT2D eigenvalue weighted by atomic mass is 32.2. The lowest BCUT2D eigenvalue weighted by Crippen LogP contribution is -2.35. The first-order chi connectivity index (χ1) is 11.8. The molecule has 1 aromatic carbocycles. The maximum absolute atomic E-state index is 13.0. The van der Waals surface area contributed by atoms with Crippen molar-refractivity contribution >= 4 is 21.6 Å². The summed E-state index contributed by atoms with van der Waals surface area (Å²) in [5.74, 6) is 0.627. The predicted octanol–water partition coefficient (Wildman–Crippen LogP) is 3.24. The van der Waals surface area contributed by atoms with Gasteiger partial charge in [-0.25, -0.2) is 8.42 Å². The number of carbonyl (C=O) groups is 1. The molecule has 1 aliphatic rings. The molecule has 1 aliphatic heterocycles. The van der Waals surface area contributed by atoms with Crippen molar-refractivity contribution in [2.45, 2.75) is 50.8 Å². The summed E-state index contributed by atoms with van der Waals surface area (Å²) in [7, 11) is -2.18. The van der Waals surface area contributed by atoms with Crippen molar-refractivity contribution in [3.05, 3.63) is 18.2 Å². The molecule has 0 radical (unpaired) electrons. The number of carbonyl (C=O) groups excluding carboxylic acids is 1. The van der Waals surface area contributed by atoms with Gasteiger partial charge in [0.15, 0.2) is 0 Å². The van der Waals surface area contributed by atoms with E-state index in [0.29, 0.717) is 36.9 Å². The van der Waals surface area contributed by atoms with Crippen molar-refractivity contribution in [1.82, 2.24) is 4.31 Å². The maximum atomic E-state index is 13.0. The number of hydrogen-bond acceptors (Lipinski definition) is 4. The fourth-order valence-corrected chi connectivity index (χ4v) is 4.54. The molecule has 1 heterocycles. The number of nitrogens with one attached hydrogen (secondary N) is 1. The van der Waals surface area contributed by atoms with Crippen LogP contribution in [0.1, 0.15) is 46.0 Å². The Balaban J connectivity index is 2.23. The second-order valence-electron chi connectivity index (χ2n) is 6.81. The lowest BCUT2D eigenvalue weighted by Gasteiger charge is -2.26. The van der Waals surface area contributed by atoms with Crippen LogP contribution in [0, 0.1) is 5.92 Å². The first kappa shape index (κ1) is 19.7. The highest BCUT2D eigenvalue weighted by Crippen LogP contribution is 2.31. The molecule has 0 unspecified atom stereocenters. The van der Waals surface area contributed by atoms with Crippen LogP contribution in [-0.4, -0.2) is 38.8 Å². The van der Waals surface area contributed by atoms with Gasteiger partial charge in [-0.3, -0.25) is 4.79 Å². The van der Waals surface area contributed by atoms with Crippen LogP contribution in [0.15, 0.2) is 23.1 Å². The van der Waals surface area contributed by atoms with Gasteiger partial charge in [0.25, 0.3) is 0 Å². The van der Waals surface area contributed by atoms with Gasteiger partial charge in [-0.1, -0.05) is 20.3 Å². The second kappa shape index (κ2) is 8.67. The summed E-state index contributed by atoms with van der Waals surface area (Å²) in [4.78, 5) is 12.1. The molecular weight excluding hydrogens is 340 g/mol. The van der Waals surface area contributed by atoms with E-state index in [9.17, 15) is 13.2 Å². The normalized spacial score (nSPS) is 16.0. The highest BCUT2D eigenvalue weighted by molar-refractivity contribution is 7.89. The van der Waals surface area contributed by atoms with Crippen LogP contribution in [0.3, 0.4) is 0 Å². The van der Waals surface area contributed by atoms with Crippen molar-refractivity contribution in [2.24, 2.45) is 5.92 Å². The van der Waals surface area contributed by atoms with Crippen molar-refractivity contribution in [3.63, 3.8) is 0 Å². The highest BCUT2D eigenvalue weighted by Gasteiger charge is 2.29. The minimum Gasteiger partial charge on any atom is -0.495 e. The Morgan fingerprint density at radius 3 is 2.52 bits per heavy atom. The van der Waals surface area contributed by atoms with Gasteiger partial charge in [-0.15, -0.1) is 0 Å². The molecule has 0 atom stereocenters. The molecule has 1 amide bonds. The van der Waals surface area contributed by atoms with Gasteiger partial charge >= 0.3 is 0 Å². The molecule has 1 N–H and O–H groups in total. The van der Waals surface area contributed by atoms with Gasteiger partial charge in [-0.2, -0.15) is 4.31 Å². The largest absolute Gasteiger partial charge is 0.495 e. The lowest BCUT2D eigenvalue weighted by molar-refractivity contribution is -0.116. The fourth-order valence-electron chi connectivity index (χ4n) is 2.84. The Morgan fingerprint density at radius 2 is 1.92 bits per heavy atom. The van der Waals surface area contributed by atoms with E-state index < -0.39 is 10.0 Å². The summed E-state index contributed by atoms with van der Waals surface area (Å²) >= 11 is 0. The molecule has 0 aliphatic carbocycles. The molecule has 0 saturated carbocycles. The molecule has 1 aromatic rings. The first-order valence-electron chi connectivity index (χ1n) is 8.82. The number of sulfonamides is 1. The Labute approximate surface area is 150 Å². The van der Waals surface area contributed by atoms with E-state index in [4.69, 9.17) is 4.74 Å². The molecule has 1 saturated heterocycles. The van der Waals surface area contributed by atoms with Crippen LogP contribution < -0.4 is 10.1 Å². The summed E-state index contributed by atoms with van der Waals surface area (Å²) in [6, 6.07) is 4.76. The minimum absolute atomic E-state index is 0.110. The number of nitrogens with zero attached hydrogens (tertiary/aromatic N) is 1. The van der Waals surface area contributed by atoms with Gasteiger partial charge in [0, 0.05) is 25.2 Å². The number of amides is 1. The molecule has 0 aromatic heterocycles. The van der Waals surface area contributed by atoms with E-state index in [2.05, 4.69) is 19.2 Å². The molecule has 140 valence electrons. The Bertz CT molecular complexity index is 695. The Morgan fingerprint density at radius 1 is 1.24 bits per heavy atom. The van der Waals surface area contributed by atoms with Gasteiger partial charge in [-0.05, 0) is 43.4 Å². The van der Waals surface area contributed by atoms with Gasteiger partial charge in [0.1, 0.15) is 10.6 Å². The van der Waals surface area contributed by atoms with Crippen LogP contribution in [0.5, 0.6) is 5.75 Å². The number of hydrogen-bond donors (Lipinski definition) is 1. The minimum atomic E-state index is -3.63. The van der Waals surface area contributed by atoms with Gasteiger partial charge < -0.3 is 10.1 Å². The summed E-state index contributed by atoms with van der Waals surface area (Å²) in [6.07, 6.45) is 3.99. The van der Waals surface area contributed by atoms with E-state index >= 15 is 0 Å². The van der Waals surface area contributed by atoms with E-state index in [0.717, 1.165) is 25.7 Å². The van der Waals surface area contributed by atoms with Crippen LogP contribution in [0.4, 0.5) is 5.69 Å². The quantitative estimate of drug-likeness (QED) is 0.802. The molecule has 25 heavy (non-hydrogen) atoms. The smallest absolute Gasteiger partial charge is 0.246 e. The van der Waals surface area contributed by atoms with Crippen LogP contribution in [0.2, 0.25) is 0 Å². The third-order valence-corrected chi connectivity index (χ3v) is 6.25. The molecule has 6 nitrogen and oxygen atoms in total. The average molecular weight is 368 g/mol. The van der Waals surface area contributed by atoms with Crippen molar-refractivity contribution in [3.8, 4) is 5.75 Å². The number of ether oxygens (including phenoxy) is 1. The zero-order valence-corrected chi connectivity index (χ0v) is 16.1. The number of methoxy groups -OCH3 is 1. The molecule has 2 rings (SSSR count). The van der Waals surface area contributed by atoms with Crippen LogP contribution >= 0.6 is 0 Å². The van der Waals surface area contributed by atoms with E-state index in [1.165, 1.54) is 17.5 Å². The van der Waals surface area contributed by atoms with Gasteiger partial charge in [0.2, 0.25) is 15.9 Å². The molecular formula is C18H28N2O4S. The summed E-state index contributed by atoms with van der Waals surface area (Å²) < 4.78 is 32.6. The SMILES string of the molecule is COc1ccc(NC(=O)CCC(C)C)cc1S(=O)(=O)N1CCCCC1. The van der Waals surface area contributed by atoms with E-state index in [1.807, 2.05) is 0 Å². The average Bonchev–Trinajstić information content (AvgIpc) is 2.60. The van der Waals surface area contributed by atoms with Crippen LogP contribution in [-0.2, 0) is 14.8 Å². The predicted molar refractivity (Wildman–Crippen MR) is 98.3 cm³/mol. The molecule has 0 bridgehead atoms. The number of rotatable bonds is 7. The lowest BCUT2D eigenvalue weighted by atomic mass is 10.1. The monoisotopic (exact) mass is 368 g/mol. The molecule has 1 fully saturated rings. The third kappa shape index (κ3) is 5.19. The topological polar surface area (TPSA) is 75.7 Å². The second-order valence-corrected chi connectivity index (χ2v) is 8.72.